The Morgan fingerprint density at radius 3 is 2.33 bits per heavy atom. The van der Waals surface area contributed by atoms with Crippen molar-refractivity contribution in [3.63, 3.8) is 0 Å². The predicted molar refractivity (Wildman–Crippen MR) is 87.8 cm³/mol. The van der Waals surface area contributed by atoms with Crippen LogP contribution in [0, 0.1) is 0 Å². The van der Waals surface area contributed by atoms with Gasteiger partial charge in [0.2, 0.25) is 0 Å². The van der Waals surface area contributed by atoms with Gasteiger partial charge in [-0.15, -0.1) is 11.3 Å². The second kappa shape index (κ2) is 5.69. The van der Waals surface area contributed by atoms with Crippen molar-refractivity contribution in [2.45, 2.75) is 17.1 Å². The minimum Gasteiger partial charge on any atom is -0.372 e. The Balaban J connectivity index is 1.83. The van der Waals surface area contributed by atoms with E-state index in [-0.39, 0.29) is 0 Å². The van der Waals surface area contributed by atoms with Crippen LogP contribution >= 0.6 is 11.3 Å². The number of sulfonamides is 1. The van der Waals surface area contributed by atoms with Gasteiger partial charge < -0.3 is 4.90 Å². The van der Waals surface area contributed by atoms with Crippen molar-refractivity contribution in [3.8, 4) is 0 Å². The summed E-state index contributed by atoms with van der Waals surface area (Å²) in [4.78, 5) is 2.33. The van der Waals surface area contributed by atoms with Crippen molar-refractivity contribution in [3.05, 3.63) is 41.8 Å². The SMILES string of the molecule is CN(c1ccc(N2CCCC2)cc1)S(=O)(=O)c1cccs1. The molecule has 0 unspecified atom stereocenters. The van der Waals surface area contributed by atoms with E-state index in [4.69, 9.17) is 0 Å². The molecule has 1 fully saturated rings. The first-order valence-corrected chi connectivity index (χ1v) is 9.28. The summed E-state index contributed by atoms with van der Waals surface area (Å²) in [5.74, 6) is 0. The summed E-state index contributed by atoms with van der Waals surface area (Å²) < 4.78 is 26.6. The van der Waals surface area contributed by atoms with Crippen LogP contribution in [0.5, 0.6) is 0 Å². The number of nitrogens with zero attached hydrogens (tertiary/aromatic N) is 2. The molecule has 1 aliphatic rings. The van der Waals surface area contributed by atoms with E-state index >= 15 is 0 Å². The summed E-state index contributed by atoms with van der Waals surface area (Å²) in [5.41, 5.74) is 1.85. The third-order valence-corrected chi connectivity index (χ3v) is 6.95. The number of anilines is 2. The summed E-state index contributed by atoms with van der Waals surface area (Å²) in [6.45, 7) is 2.17. The maximum absolute atomic E-state index is 12.5. The van der Waals surface area contributed by atoms with Crippen molar-refractivity contribution >= 4 is 32.7 Å². The highest BCUT2D eigenvalue weighted by molar-refractivity contribution is 7.94. The van der Waals surface area contributed by atoms with Crippen LogP contribution in [0.15, 0.2) is 46.0 Å². The molecule has 0 bridgehead atoms. The summed E-state index contributed by atoms with van der Waals surface area (Å²) >= 11 is 1.24. The van der Waals surface area contributed by atoms with Crippen LogP contribution in [-0.2, 0) is 10.0 Å². The minimum atomic E-state index is -3.44. The molecule has 2 aromatic rings. The van der Waals surface area contributed by atoms with Crippen LogP contribution < -0.4 is 9.21 Å². The molecule has 0 amide bonds. The highest BCUT2D eigenvalue weighted by atomic mass is 32.2. The lowest BCUT2D eigenvalue weighted by molar-refractivity contribution is 0.596. The molecule has 6 heteroatoms. The standard InChI is InChI=1S/C15H18N2O2S2/c1-16(21(18,19)15-5-4-12-20-15)13-6-8-14(9-7-13)17-10-2-3-11-17/h4-9,12H,2-3,10-11H2,1H3. The van der Waals surface area contributed by atoms with Crippen LogP contribution in [0.1, 0.15) is 12.8 Å². The fourth-order valence-electron chi connectivity index (χ4n) is 2.53. The lowest BCUT2D eigenvalue weighted by Crippen LogP contribution is -2.26. The Morgan fingerprint density at radius 1 is 1.10 bits per heavy atom. The van der Waals surface area contributed by atoms with Gasteiger partial charge in [-0.2, -0.15) is 0 Å². The van der Waals surface area contributed by atoms with E-state index in [2.05, 4.69) is 4.90 Å². The molecule has 0 radical (unpaired) electrons. The number of thiophene rings is 1. The zero-order valence-corrected chi connectivity index (χ0v) is 13.5. The fraction of sp³-hybridized carbons (Fsp3) is 0.333. The maximum atomic E-state index is 12.5. The van der Waals surface area contributed by atoms with Crippen LogP contribution in [0.4, 0.5) is 11.4 Å². The van der Waals surface area contributed by atoms with Gasteiger partial charge in [0.15, 0.2) is 0 Å². The lowest BCUT2D eigenvalue weighted by atomic mass is 10.2. The summed E-state index contributed by atoms with van der Waals surface area (Å²) in [7, 11) is -1.85. The Bertz CT molecular complexity index is 688. The quantitative estimate of drug-likeness (QED) is 0.868. The molecule has 0 aliphatic carbocycles. The average molecular weight is 322 g/mol. The highest BCUT2D eigenvalue weighted by Crippen LogP contribution is 2.27. The highest BCUT2D eigenvalue weighted by Gasteiger charge is 2.22. The van der Waals surface area contributed by atoms with E-state index < -0.39 is 10.0 Å². The monoisotopic (exact) mass is 322 g/mol. The van der Waals surface area contributed by atoms with E-state index in [0.29, 0.717) is 9.90 Å². The third kappa shape index (κ3) is 2.78. The molecule has 21 heavy (non-hydrogen) atoms. The summed E-state index contributed by atoms with van der Waals surface area (Å²) in [6, 6.07) is 11.1. The van der Waals surface area contributed by atoms with Crippen molar-refractivity contribution in [2.75, 3.05) is 29.3 Å². The van der Waals surface area contributed by atoms with Crippen LogP contribution in [0.25, 0.3) is 0 Å². The minimum absolute atomic E-state index is 0.369. The molecule has 1 aromatic heterocycles. The smallest absolute Gasteiger partial charge is 0.273 e. The number of hydrogen-bond donors (Lipinski definition) is 0. The van der Waals surface area contributed by atoms with Gasteiger partial charge in [0, 0.05) is 25.8 Å². The first kappa shape index (κ1) is 14.4. The molecular formula is C15H18N2O2S2. The lowest BCUT2D eigenvalue weighted by Gasteiger charge is -2.21. The van der Waals surface area contributed by atoms with E-state index in [1.54, 1.807) is 24.6 Å². The number of benzene rings is 1. The Morgan fingerprint density at radius 2 is 1.76 bits per heavy atom. The van der Waals surface area contributed by atoms with Crippen molar-refractivity contribution in [1.29, 1.82) is 0 Å². The van der Waals surface area contributed by atoms with Crippen molar-refractivity contribution < 1.29 is 8.42 Å². The maximum Gasteiger partial charge on any atom is 0.273 e. The Labute approximate surface area is 129 Å². The van der Waals surface area contributed by atoms with Crippen molar-refractivity contribution in [2.24, 2.45) is 0 Å². The summed E-state index contributed by atoms with van der Waals surface area (Å²) in [5, 5.41) is 1.77. The second-order valence-electron chi connectivity index (χ2n) is 5.12. The van der Waals surface area contributed by atoms with E-state index in [0.717, 1.165) is 18.8 Å². The predicted octanol–water partition coefficient (Wildman–Crippen LogP) is 3.17. The Hall–Kier alpha value is -1.53. The topological polar surface area (TPSA) is 40.6 Å². The molecule has 112 valence electrons. The number of rotatable bonds is 4. The van der Waals surface area contributed by atoms with Gasteiger partial charge in [0.1, 0.15) is 4.21 Å². The van der Waals surface area contributed by atoms with E-state index in [9.17, 15) is 8.42 Å². The van der Waals surface area contributed by atoms with Gasteiger partial charge in [-0.3, -0.25) is 4.31 Å². The van der Waals surface area contributed by atoms with Crippen molar-refractivity contribution in [1.82, 2.24) is 0 Å². The normalized spacial score (nSPS) is 15.4. The largest absolute Gasteiger partial charge is 0.372 e. The van der Waals surface area contributed by atoms with Gasteiger partial charge in [0.25, 0.3) is 10.0 Å². The average Bonchev–Trinajstić information content (AvgIpc) is 3.19. The molecule has 1 aliphatic heterocycles. The number of hydrogen-bond acceptors (Lipinski definition) is 4. The fourth-order valence-corrected chi connectivity index (χ4v) is 4.89. The van der Waals surface area contributed by atoms with Crippen LogP contribution in [0.2, 0.25) is 0 Å². The summed E-state index contributed by atoms with van der Waals surface area (Å²) in [6.07, 6.45) is 2.46. The molecule has 1 aromatic carbocycles. The molecule has 4 nitrogen and oxygen atoms in total. The molecule has 1 saturated heterocycles. The van der Waals surface area contributed by atoms with Gasteiger partial charge >= 0.3 is 0 Å². The first-order chi connectivity index (χ1) is 10.1. The Kier molecular flexibility index (Phi) is 3.91. The van der Waals surface area contributed by atoms with Gasteiger partial charge in [-0.05, 0) is 48.6 Å². The molecule has 0 spiro atoms. The zero-order chi connectivity index (χ0) is 14.9. The second-order valence-corrected chi connectivity index (χ2v) is 8.26. The van der Waals surface area contributed by atoms with Gasteiger partial charge in [-0.25, -0.2) is 8.42 Å². The first-order valence-electron chi connectivity index (χ1n) is 6.96. The zero-order valence-electron chi connectivity index (χ0n) is 11.9. The van der Waals surface area contributed by atoms with Crippen LogP contribution in [0.3, 0.4) is 0 Å². The van der Waals surface area contributed by atoms with E-state index in [1.807, 2.05) is 24.3 Å². The van der Waals surface area contributed by atoms with Gasteiger partial charge in [-0.1, -0.05) is 6.07 Å². The third-order valence-electron chi connectivity index (χ3n) is 3.79. The molecular weight excluding hydrogens is 304 g/mol. The molecule has 2 heterocycles. The van der Waals surface area contributed by atoms with Gasteiger partial charge in [0.05, 0.1) is 5.69 Å². The molecule has 0 atom stereocenters. The van der Waals surface area contributed by atoms with Crippen LogP contribution in [-0.4, -0.2) is 28.6 Å². The molecule has 3 rings (SSSR count). The molecule has 0 saturated carbocycles. The molecule has 0 N–H and O–H groups in total. The van der Waals surface area contributed by atoms with E-state index in [1.165, 1.54) is 28.5 Å².